The molecule has 20 heavy (non-hydrogen) atoms. The summed E-state index contributed by atoms with van der Waals surface area (Å²) in [6, 6.07) is 3.48. The fourth-order valence-corrected chi connectivity index (χ4v) is 2.53. The zero-order valence-electron chi connectivity index (χ0n) is 12.2. The molecular weight excluding hydrogens is 340 g/mol. The molecule has 0 aliphatic rings. The molecule has 1 rings (SSSR count). The van der Waals surface area contributed by atoms with Gasteiger partial charge in [0.05, 0.1) is 5.69 Å². The maximum Gasteiger partial charge on any atom is 0.242 e. The van der Waals surface area contributed by atoms with Crippen molar-refractivity contribution in [2.24, 2.45) is 0 Å². The van der Waals surface area contributed by atoms with Crippen LogP contribution < -0.4 is 10.6 Å². The van der Waals surface area contributed by atoms with Gasteiger partial charge in [-0.05, 0) is 53.9 Å². The van der Waals surface area contributed by atoms with Crippen molar-refractivity contribution in [1.29, 1.82) is 0 Å². The number of halogens is 2. The lowest BCUT2D eigenvalue weighted by Crippen LogP contribution is -2.38. The Hall–Kier alpha value is -0.740. The van der Waals surface area contributed by atoms with E-state index in [1.54, 1.807) is 0 Å². The predicted octanol–water partition coefficient (Wildman–Crippen LogP) is 4.52. The minimum atomic E-state index is -0.299. The first-order valence-electron chi connectivity index (χ1n) is 6.95. The molecule has 5 heteroatoms. The second kappa shape index (κ2) is 8.53. The number of carbonyl (C=O) groups excluding carboxylic acids is 1. The maximum absolute atomic E-state index is 12.0. The summed E-state index contributed by atoms with van der Waals surface area (Å²) in [5, 5.41) is 6.80. The van der Waals surface area contributed by atoms with E-state index in [4.69, 9.17) is 11.6 Å². The highest BCUT2D eigenvalue weighted by Gasteiger charge is 2.14. The van der Waals surface area contributed by atoms with Crippen LogP contribution in [0.5, 0.6) is 0 Å². The van der Waals surface area contributed by atoms with Gasteiger partial charge in [0.2, 0.25) is 5.91 Å². The summed E-state index contributed by atoms with van der Waals surface area (Å²) in [5.41, 5.74) is 1.83. The molecule has 0 aromatic heterocycles. The lowest BCUT2D eigenvalue weighted by molar-refractivity contribution is -0.121. The maximum atomic E-state index is 12.0. The molecule has 0 radical (unpaired) electrons. The first-order chi connectivity index (χ1) is 9.45. The molecule has 1 aromatic carbocycles. The van der Waals surface area contributed by atoms with Gasteiger partial charge in [0.1, 0.15) is 6.04 Å². The van der Waals surface area contributed by atoms with Crippen molar-refractivity contribution >= 4 is 39.1 Å². The third kappa shape index (κ3) is 5.33. The van der Waals surface area contributed by atoms with E-state index in [-0.39, 0.29) is 11.9 Å². The van der Waals surface area contributed by atoms with Gasteiger partial charge in [-0.25, -0.2) is 0 Å². The molecule has 0 saturated heterocycles. The number of hydrogen-bond acceptors (Lipinski definition) is 2. The quantitative estimate of drug-likeness (QED) is 0.701. The van der Waals surface area contributed by atoms with Crippen molar-refractivity contribution in [3.8, 4) is 0 Å². The zero-order valence-corrected chi connectivity index (χ0v) is 14.6. The van der Waals surface area contributed by atoms with E-state index >= 15 is 0 Å². The van der Waals surface area contributed by atoms with E-state index < -0.39 is 0 Å². The predicted molar refractivity (Wildman–Crippen MR) is 89.5 cm³/mol. The zero-order chi connectivity index (χ0) is 15.1. The Morgan fingerprint density at radius 1 is 1.40 bits per heavy atom. The number of aryl methyl sites for hydroxylation is 1. The summed E-state index contributed by atoms with van der Waals surface area (Å²) < 4.78 is 0.907. The molecule has 3 nitrogen and oxygen atoms in total. The molecule has 0 bridgehead atoms. The number of anilines is 1. The summed E-state index contributed by atoms with van der Waals surface area (Å²) in [5.74, 6) is 0.00435. The highest BCUT2D eigenvalue weighted by Crippen LogP contribution is 2.29. The number of rotatable bonds is 7. The number of hydrogen-bond donors (Lipinski definition) is 2. The third-order valence-electron chi connectivity index (χ3n) is 3.09. The third-order valence-corrected chi connectivity index (χ3v) is 4.16. The highest BCUT2D eigenvalue weighted by atomic mass is 79.9. The molecule has 112 valence electrons. The van der Waals surface area contributed by atoms with Crippen molar-refractivity contribution < 1.29 is 4.79 Å². The van der Waals surface area contributed by atoms with Gasteiger partial charge >= 0.3 is 0 Å². The van der Waals surface area contributed by atoms with Crippen molar-refractivity contribution in [3.63, 3.8) is 0 Å². The second-order valence-electron chi connectivity index (χ2n) is 4.95. The molecule has 0 aliphatic heterocycles. The van der Waals surface area contributed by atoms with Gasteiger partial charge in [0, 0.05) is 16.0 Å². The van der Waals surface area contributed by atoms with Crippen LogP contribution >= 0.6 is 27.5 Å². The number of amides is 1. The topological polar surface area (TPSA) is 41.1 Å². The molecule has 1 aromatic rings. The van der Waals surface area contributed by atoms with Crippen molar-refractivity contribution in [2.45, 2.75) is 46.1 Å². The van der Waals surface area contributed by atoms with E-state index in [0.717, 1.165) is 41.5 Å². The van der Waals surface area contributed by atoms with Gasteiger partial charge in [-0.3, -0.25) is 4.79 Å². The van der Waals surface area contributed by atoms with Gasteiger partial charge in [-0.2, -0.15) is 0 Å². The lowest BCUT2D eigenvalue weighted by Gasteiger charge is -2.17. The highest BCUT2D eigenvalue weighted by molar-refractivity contribution is 9.10. The molecule has 0 heterocycles. The largest absolute Gasteiger partial charge is 0.373 e. The number of carbonyl (C=O) groups is 1. The Balaban J connectivity index is 2.55. The van der Waals surface area contributed by atoms with Crippen LogP contribution in [0.3, 0.4) is 0 Å². The van der Waals surface area contributed by atoms with Crippen LogP contribution in [-0.4, -0.2) is 18.5 Å². The summed E-state index contributed by atoms with van der Waals surface area (Å²) in [6.07, 6.45) is 3.31. The molecule has 1 atom stereocenters. The first kappa shape index (κ1) is 17.3. The van der Waals surface area contributed by atoms with E-state index in [1.165, 1.54) is 0 Å². The fraction of sp³-hybridized carbons (Fsp3) is 0.533. The Morgan fingerprint density at radius 2 is 2.10 bits per heavy atom. The molecule has 1 unspecified atom stereocenters. The van der Waals surface area contributed by atoms with Crippen molar-refractivity contribution in [3.05, 3.63) is 27.2 Å². The van der Waals surface area contributed by atoms with Crippen LogP contribution in [0.1, 0.15) is 38.7 Å². The minimum Gasteiger partial charge on any atom is -0.373 e. The van der Waals surface area contributed by atoms with Gasteiger partial charge in [-0.1, -0.05) is 31.4 Å². The van der Waals surface area contributed by atoms with E-state index in [1.807, 2.05) is 26.0 Å². The lowest BCUT2D eigenvalue weighted by atomic mass is 10.2. The van der Waals surface area contributed by atoms with Crippen LogP contribution in [-0.2, 0) is 4.79 Å². The molecule has 2 N–H and O–H groups in total. The second-order valence-corrected chi connectivity index (χ2v) is 6.21. The Morgan fingerprint density at radius 3 is 2.75 bits per heavy atom. The molecule has 0 fully saturated rings. The van der Waals surface area contributed by atoms with Crippen molar-refractivity contribution in [1.82, 2.24) is 5.32 Å². The van der Waals surface area contributed by atoms with Gasteiger partial charge in [0.15, 0.2) is 0 Å². The summed E-state index contributed by atoms with van der Waals surface area (Å²) in [4.78, 5) is 12.0. The number of benzene rings is 1. The van der Waals surface area contributed by atoms with Gasteiger partial charge < -0.3 is 10.6 Å². The molecule has 0 aliphatic carbocycles. The van der Waals surface area contributed by atoms with Gasteiger partial charge in [0.25, 0.3) is 0 Å². The molecule has 0 spiro atoms. The van der Waals surface area contributed by atoms with Crippen LogP contribution in [0.25, 0.3) is 0 Å². The Labute approximate surface area is 134 Å². The smallest absolute Gasteiger partial charge is 0.242 e. The van der Waals surface area contributed by atoms with Crippen LogP contribution in [0, 0.1) is 6.92 Å². The van der Waals surface area contributed by atoms with Crippen LogP contribution in [0.2, 0.25) is 5.02 Å². The Bertz CT molecular complexity index is 465. The average Bonchev–Trinajstić information content (AvgIpc) is 2.40. The van der Waals surface area contributed by atoms with Gasteiger partial charge in [-0.15, -0.1) is 0 Å². The number of nitrogens with one attached hydrogen (secondary N) is 2. The minimum absolute atomic E-state index is 0.00435. The SMILES string of the molecule is CCCCCNC(=O)C(C)Nc1cc(Cl)c(C)cc1Br. The molecule has 0 saturated carbocycles. The Kier molecular flexibility index (Phi) is 7.38. The molecule has 1 amide bonds. The number of unbranched alkanes of at least 4 members (excludes halogenated alkanes) is 2. The summed E-state index contributed by atoms with van der Waals surface area (Å²) >= 11 is 9.59. The van der Waals surface area contributed by atoms with E-state index in [9.17, 15) is 4.79 Å². The monoisotopic (exact) mass is 360 g/mol. The standard InChI is InChI=1S/C15H22BrClN2O/c1-4-5-6-7-18-15(20)11(3)19-14-9-13(17)10(2)8-12(14)16/h8-9,11,19H,4-7H2,1-3H3,(H,18,20). The summed E-state index contributed by atoms with van der Waals surface area (Å²) in [6.45, 7) is 6.66. The van der Waals surface area contributed by atoms with E-state index in [0.29, 0.717) is 5.02 Å². The first-order valence-corrected chi connectivity index (χ1v) is 8.12. The van der Waals surface area contributed by atoms with Crippen LogP contribution in [0.4, 0.5) is 5.69 Å². The summed E-state index contributed by atoms with van der Waals surface area (Å²) in [7, 11) is 0. The average molecular weight is 362 g/mol. The van der Waals surface area contributed by atoms with E-state index in [2.05, 4.69) is 33.5 Å². The van der Waals surface area contributed by atoms with Crippen LogP contribution in [0.15, 0.2) is 16.6 Å². The normalized spacial score (nSPS) is 12.1. The fourth-order valence-electron chi connectivity index (χ4n) is 1.80. The molecular formula is C15H22BrClN2O. The van der Waals surface area contributed by atoms with Crippen molar-refractivity contribution in [2.75, 3.05) is 11.9 Å².